The summed E-state index contributed by atoms with van der Waals surface area (Å²) in [5, 5.41) is 11.1. The van der Waals surface area contributed by atoms with E-state index in [2.05, 4.69) is 4.74 Å². The molecule has 0 saturated carbocycles. The fourth-order valence-corrected chi connectivity index (χ4v) is 2.56. The largest absolute Gasteiger partial charge is 0.465 e. The van der Waals surface area contributed by atoms with Crippen molar-refractivity contribution in [1.29, 1.82) is 0 Å². The van der Waals surface area contributed by atoms with Crippen LogP contribution in [0.2, 0.25) is 0 Å². The monoisotopic (exact) mass is 402 g/mol. The molecule has 1 aromatic carbocycles. The van der Waals surface area contributed by atoms with E-state index in [4.69, 9.17) is 5.73 Å². The molecule has 0 spiro atoms. The Labute approximate surface area is 164 Å². The summed E-state index contributed by atoms with van der Waals surface area (Å²) in [7, 11) is 1.08. The first kappa shape index (κ1) is 21.3. The molecule has 2 amide bonds. The molecule has 0 bridgehead atoms. The van der Waals surface area contributed by atoms with Crippen molar-refractivity contribution < 1.29 is 24.0 Å². The molecule has 0 saturated heterocycles. The zero-order valence-corrected chi connectivity index (χ0v) is 15.4. The van der Waals surface area contributed by atoms with Crippen molar-refractivity contribution in [2.24, 2.45) is 5.73 Å². The zero-order chi connectivity index (χ0) is 21.6. The molecule has 1 aromatic heterocycles. The molecule has 2 rings (SSSR count). The first-order valence-electron chi connectivity index (χ1n) is 8.35. The summed E-state index contributed by atoms with van der Waals surface area (Å²) in [6.07, 6.45) is 0.883. The van der Waals surface area contributed by atoms with Gasteiger partial charge in [0.1, 0.15) is 6.54 Å². The van der Waals surface area contributed by atoms with Crippen LogP contribution in [-0.4, -0.2) is 40.9 Å². The van der Waals surface area contributed by atoms with Crippen molar-refractivity contribution in [2.75, 3.05) is 18.6 Å². The van der Waals surface area contributed by atoms with Crippen molar-refractivity contribution in [3.05, 3.63) is 68.6 Å². The molecule has 0 fully saturated rings. The standard InChI is InChI=1S/C18H18N4O7/c1-29-18(26)12-9-14(22(27)28)17(25)20(10-12)11-16(24)21(8-7-15(19)23)13-5-3-2-4-6-13/h2-6,9-10H,7-8,11H2,1H3,(H2,19,23). The Hall–Kier alpha value is -4.02. The van der Waals surface area contributed by atoms with Gasteiger partial charge in [-0.1, -0.05) is 18.2 Å². The molecule has 11 heteroatoms. The number of esters is 1. The van der Waals surface area contributed by atoms with E-state index in [1.165, 1.54) is 4.90 Å². The third-order valence-corrected chi connectivity index (χ3v) is 3.94. The number of hydrogen-bond donors (Lipinski definition) is 1. The van der Waals surface area contributed by atoms with Crippen molar-refractivity contribution in [1.82, 2.24) is 4.57 Å². The van der Waals surface area contributed by atoms with E-state index < -0.39 is 40.5 Å². The number of carbonyl (C=O) groups is 3. The van der Waals surface area contributed by atoms with Gasteiger partial charge in [-0.2, -0.15) is 0 Å². The van der Waals surface area contributed by atoms with Gasteiger partial charge in [-0.3, -0.25) is 29.1 Å². The lowest BCUT2D eigenvalue weighted by molar-refractivity contribution is -0.386. The fraction of sp³-hybridized carbons (Fsp3) is 0.222. The lowest BCUT2D eigenvalue weighted by Gasteiger charge is -2.23. The Morgan fingerprint density at radius 3 is 2.45 bits per heavy atom. The smallest absolute Gasteiger partial charge is 0.339 e. The molecule has 152 valence electrons. The van der Waals surface area contributed by atoms with Crippen LogP contribution in [-0.2, 0) is 20.9 Å². The third kappa shape index (κ3) is 5.25. The van der Waals surface area contributed by atoms with Crippen LogP contribution < -0.4 is 16.2 Å². The second-order valence-electron chi connectivity index (χ2n) is 5.89. The number of benzene rings is 1. The van der Waals surface area contributed by atoms with E-state index in [1.54, 1.807) is 30.3 Å². The Kier molecular flexibility index (Phi) is 6.80. The van der Waals surface area contributed by atoms with E-state index in [0.717, 1.165) is 23.9 Å². The van der Waals surface area contributed by atoms with E-state index in [0.29, 0.717) is 5.69 Å². The molecule has 0 unspecified atom stereocenters. The number of aromatic nitrogens is 1. The first-order chi connectivity index (χ1) is 13.7. The predicted molar refractivity (Wildman–Crippen MR) is 101 cm³/mol. The van der Waals surface area contributed by atoms with Crippen LogP contribution in [0.25, 0.3) is 0 Å². The summed E-state index contributed by atoms with van der Waals surface area (Å²) in [4.78, 5) is 59.5. The number of rotatable bonds is 8. The molecular formula is C18H18N4O7. The molecule has 1 heterocycles. The molecule has 11 nitrogen and oxygen atoms in total. The zero-order valence-electron chi connectivity index (χ0n) is 15.4. The van der Waals surface area contributed by atoms with Crippen LogP contribution >= 0.6 is 0 Å². The summed E-state index contributed by atoms with van der Waals surface area (Å²) in [5.74, 6) is -2.15. The molecular weight excluding hydrogens is 384 g/mol. The number of nitrogens with zero attached hydrogens (tertiary/aromatic N) is 3. The van der Waals surface area contributed by atoms with Crippen molar-refractivity contribution in [3.63, 3.8) is 0 Å². The number of amides is 2. The highest BCUT2D eigenvalue weighted by Crippen LogP contribution is 2.15. The Morgan fingerprint density at radius 2 is 1.90 bits per heavy atom. The van der Waals surface area contributed by atoms with Gasteiger partial charge in [0.05, 0.1) is 17.6 Å². The van der Waals surface area contributed by atoms with Crippen molar-refractivity contribution >= 4 is 29.2 Å². The number of anilines is 1. The number of ether oxygens (including phenoxy) is 1. The summed E-state index contributed by atoms with van der Waals surface area (Å²) in [6, 6.07) is 9.11. The minimum absolute atomic E-state index is 0.0499. The van der Waals surface area contributed by atoms with Gasteiger partial charge in [-0.05, 0) is 12.1 Å². The molecule has 0 aliphatic carbocycles. The maximum Gasteiger partial charge on any atom is 0.339 e. The maximum absolute atomic E-state index is 12.8. The minimum atomic E-state index is -1.06. The van der Waals surface area contributed by atoms with Crippen molar-refractivity contribution in [2.45, 2.75) is 13.0 Å². The second-order valence-corrected chi connectivity index (χ2v) is 5.89. The lowest BCUT2D eigenvalue weighted by Crippen LogP contribution is -2.39. The van der Waals surface area contributed by atoms with E-state index in [9.17, 15) is 29.3 Å². The van der Waals surface area contributed by atoms with Crippen LogP contribution in [0.3, 0.4) is 0 Å². The Balaban J connectivity index is 2.43. The second kappa shape index (κ2) is 9.26. The number of pyridine rings is 1. The number of carbonyl (C=O) groups excluding carboxylic acids is 3. The van der Waals surface area contributed by atoms with Gasteiger partial charge in [0.15, 0.2) is 0 Å². The summed E-state index contributed by atoms with van der Waals surface area (Å²) in [5.41, 5.74) is 3.43. The molecule has 0 aliphatic heterocycles. The molecule has 2 N–H and O–H groups in total. The van der Waals surface area contributed by atoms with Gasteiger partial charge >= 0.3 is 17.2 Å². The topological polar surface area (TPSA) is 155 Å². The van der Waals surface area contributed by atoms with Crippen LogP contribution in [0.4, 0.5) is 11.4 Å². The maximum atomic E-state index is 12.8. The van der Waals surface area contributed by atoms with Crippen LogP contribution in [0.1, 0.15) is 16.8 Å². The highest BCUT2D eigenvalue weighted by atomic mass is 16.6. The average Bonchev–Trinajstić information content (AvgIpc) is 2.69. The summed E-state index contributed by atoms with van der Waals surface area (Å²) >= 11 is 0. The summed E-state index contributed by atoms with van der Waals surface area (Å²) in [6.45, 7) is -0.649. The first-order valence-corrected chi connectivity index (χ1v) is 8.35. The lowest BCUT2D eigenvalue weighted by atomic mass is 10.2. The van der Waals surface area contributed by atoms with E-state index in [1.807, 2.05) is 0 Å². The SMILES string of the molecule is COC(=O)c1cc([N+](=O)[O-])c(=O)n(CC(=O)N(CCC(N)=O)c2ccccc2)c1. The third-order valence-electron chi connectivity index (χ3n) is 3.94. The Morgan fingerprint density at radius 1 is 1.24 bits per heavy atom. The number of nitro groups is 1. The minimum Gasteiger partial charge on any atom is -0.465 e. The van der Waals surface area contributed by atoms with Gasteiger partial charge in [-0.15, -0.1) is 0 Å². The number of nitrogens with two attached hydrogens (primary N) is 1. The average molecular weight is 402 g/mol. The van der Waals surface area contributed by atoms with Gasteiger partial charge in [0.2, 0.25) is 11.8 Å². The van der Waals surface area contributed by atoms with Crippen LogP contribution in [0.5, 0.6) is 0 Å². The number of methoxy groups -OCH3 is 1. The predicted octanol–water partition coefficient (Wildman–Crippen LogP) is 0.452. The molecule has 0 atom stereocenters. The molecule has 0 aliphatic rings. The number of hydrogen-bond acceptors (Lipinski definition) is 7. The molecule has 29 heavy (non-hydrogen) atoms. The summed E-state index contributed by atoms with van der Waals surface area (Å²) < 4.78 is 5.29. The number of primary amides is 1. The van der Waals surface area contributed by atoms with Gasteiger partial charge in [0, 0.05) is 30.9 Å². The van der Waals surface area contributed by atoms with Gasteiger partial charge in [-0.25, -0.2) is 4.79 Å². The van der Waals surface area contributed by atoms with E-state index in [-0.39, 0.29) is 18.5 Å². The molecule has 0 radical (unpaired) electrons. The van der Waals surface area contributed by atoms with Crippen LogP contribution in [0, 0.1) is 10.1 Å². The van der Waals surface area contributed by atoms with Crippen LogP contribution in [0.15, 0.2) is 47.4 Å². The van der Waals surface area contributed by atoms with Gasteiger partial charge in [0.25, 0.3) is 0 Å². The quantitative estimate of drug-likeness (QED) is 0.382. The van der Waals surface area contributed by atoms with Gasteiger partial charge < -0.3 is 15.4 Å². The highest BCUT2D eigenvalue weighted by Gasteiger charge is 2.23. The fourth-order valence-electron chi connectivity index (χ4n) is 2.56. The molecule has 2 aromatic rings. The van der Waals surface area contributed by atoms with E-state index >= 15 is 0 Å². The number of para-hydroxylation sites is 1. The Bertz CT molecular complexity index is 1000. The normalized spacial score (nSPS) is 10.2. The highest BCUT2D eigenvalue weighted by molar-refractivity contribution is 5.94. The van der Waals surface area contributed by atoms with Crippen molar-refractivity contribution in [3.8, 4) is 0 Å².